The average Bonchev–Trinajstić information content (AvgIpc) is 2.72. The van der Waals surface area contributed by atoms with E-state index in [1.54, 1.807) is 9.80 Å². The van der Waals surface area contributed by atoms with Crippen LogP contribution < -0.4 is 9.80 Å². The van der Waals surface area contributed by atoms with Crippen molar-refractivity contribution in [2.24, 2.45) is 0 Å². The van der Waals surface area contributed by atoms with Crippen molar-refractivity contribution in [3.8, 4) is 0 Å². The number of rotatable bonds is 1. The second-order valence-corrected chi connectivity index (χ2v) is 8.40. The summed E-state index contributed by atoms with van der Waals surface area (Å²) in [6.07, 6.45) is 1.14. The Morgan fingerprint density at radius 1 is 1.00 bits per heavy atom. The summed E-state index contributed by atoms with van der Waals surface area (Å²) < 4.78 is 0. The van der Waals surface area contributed by atoms with Crippen LogP contribution in [0.1, 0.15) is 17.2 Å². The Labute approximate surface area is 148 Å². The van der Waals surface area contributed by atoms with Gasteiger partial charge in [0.15, 0.2) is 0 Å². The van der Waals surface area contributed by atoms with E-state index in [-0.39, 0.29) is 0 Å². The Morgan fingerprint density at radius 2 is 1.78 bits per heavy atom. The highest BCUT2D eigenvalue weighted by molar-refractivity contribution is 7.99. The minimum Gasteiger partial charge on any atom is -0.328 e. The van der Waals surface area contributed by atoms with E-state index in [9.17, 15) is 0 Å². The van der Waals surface area contributed by atoms with Crippen molar-refractivity contribution >= 4 is 24.4 Å². The number of quaternary nitrogens is 2. The molecular weight excluding hydrogens is 320 g/mol. The maximum atomic E-state index is 4.61. The third kappa shape index (κ3) is 3.18. The molecule has 0 aromatic heterocycles. The summed E-state index contributed by atoms with van der Waals surface area (Å²) in [4.78, 5) is 7.33. The fourth-order valence-corrected chi connectivity index (χ4v) is 5.17. The molecule has 0 bridgehead atoms. The molecule has 23 heavy (non-hydrogen) atoms. The van der Waals surface area contributed by atoms with E-state index in [4.69, 9.17) is 0 Å². The highest BCUT2D eigenvalue weighted by atomic mass is 32.2. The van der Waals surface area contributed by atoms with Crippen LogP contribution >= 0.6 is 24.4 Å². The number of hydrogen-bond donors (Lipinski definition) is 3. The zero-order valence-corrected chi connectivity index (χ0v) is 15.2. The minimum absolute atomic E-state index is 0.557. The quantitative estimate of drug-likeness (QED) is 0.658. The summed E-state index contributed by atoms with van der Waals surface area (Å²) in [5.74, 6) is 0. The molecule has 1 atom stereocenters. The second kappa shape index (κ2) is 6.52. The molecule has 0 amide bonds. The maximum absolute atomic E-state index is 4.61. The van der Waals surface area contributed by atoms with Crippen LogP contribution in [0.15, 0.2) is 57.2 Å². The molecule has 0 spiro atoms. The predicted octanol–water partition coefficient (Wildman–Crippen LogP) is 1.14. The van der Waals surface area contributed by atoms with Crippen molar-refractivity contribution in [3.63, 3.8) is 0 Å². The molecule has 2 aliphatic heterocycles. The fraction of sp³-hybridized carbons (Fsp3) is 0.368. The van der Waals surface area contributed by atoms with Crippen LogP contribution in [0, 0.1) is 0 Å². The van der Waals surface area contributed by atoms with Gasteiger partial charge in [-0.15, -0.1) is 12.6 Å². The third-order valence-corrected chi connectivity index (χ3v) is 6.71. The molecule has 0 radical (unpaired) electrons. The fourth-order valence-electron chi connectivity index (χ4n) is 3.83. The Hall–Kier alpha value is -0.940. The molecule has 2 N–H and O–H groups in total. The lowest BCUT2D eigenvalue weighted by Gasteiger charge is -2.33. The molecule has 4 rings (SSSR count). The van der Waals surface area contributed by atoms with Gasteiger partial charge in [0.25, 0.3) is 0 Å². The zero-order chi connectivity index (χ0) is 15.8. The lowest BCUT2D eigenvalue weighted by molar-refractivity contribution is -1.02. The first kappa shape index (κ1) is 15.6. The Bertz CT molecular complexity index is 708. The Morgan fingerprint density at radius 3 is 2.61 bits per heavy atom. The van der Waals surface area contributed by atoms with E-state index in [0.717, 1.165) is 11.3 Å². The first-order valence-corrected chi connectivity index (χ1v) is 9.71. The highest BCUT2D eigenvalue weighted by Crippen LogP contribution is 2.40. The largest absolute Gasteiger partial charge is 0.328 e. The molecule has 2 aromatic carbocycles. The van der Waals surface area contributed by atoms with Gasteiger partial charge in [-0.05, 0) is 29.8 Å². The van der Waals surface area contributed by atoms with Crippen LogP contribution in [-0.2, 0) is 6.42 Å². The number of benzene rings is 2. The SMILES string of the molecule is C[NH+]1CC[NH+](C2Cc3ccccc3Sc3ccc(S)cc32)CC1. The van der Waals surface area contributed by atoms with Gasteiger partial charge >= 0.3 is 0 Å². The van der Waals surface area contributed by atoms with Crippen molar-refractivity contribution in [1.29, 1.82) is 0 Å². The van der Waals surface area contributed by atoms with Crippen molar-refractivity contribution in [2.75, 3.05) is 33.2 Å². The highest BCUT2D eigenvalue weighted by Gasteiger charge is 2.33. The van der Waals surface area contributed by atoms with Gasteiger partial charge < -0.3 is 9.80 Å². The van der Waals surface area contributed by atoms with E-state index in [1.807, 2.05) is 11.8 Å². The van der Waals surface area contributed by atoms with E-state index in [1.165, 1.54) is 47.1 Å². The summed E-state index contributed by atoms with van der Waals surface area (Å²) in [6.45, 7) is 5.08. The number of thiol groups is 1. The number of nitrogens with one attached hydrogen (secondary N) is 2. The average molecular weight is 345 g/mol. The van der Waals surface area contributed by atoms with Crippen LogP contribution in [-0.4, -0.2) is 33.2 Å². The van der Waals surface area contributed by atoms with Gasteiger partial charge in [-0.1, -0.05) is 30.0 Å². The van der Waals surface area contributed by atoms with Crippen molar-refractivity contribution in [2.45, 2.75) is 27.1 Å². The molecule has 2 nitrogen and oxygen atoms in total. The number of likely N-dealkylation sites (N-methyl/N-ethyl adjacent to an activating group) is 1. The minimum atomic E-state index is 0.557. The third-order valence-electron chi connectivity index (χ3n) is 5.22. The van der Waals surface area contributed by atoms with E-state index >= 15 is 0 Å². The normalized spacial score (nSPS) is 27.0. The first-order chi connectivity index (χ1) is 11.2. The standard InChI is InChI=1S/C19H22N2S2/c1-20-8-10-21(11-9-20)17-12-14-4-2-3-5-18(14)23-19-7-6-15(22)13-16(17)19/h2-7,13,17,22H,8-12H2,1H3/p+2. The number of piperazine rings is 1. The lowest BCUT2D eigenvalue weighted by Crippen LogP contribution is -3.27. The molecule has 0 saturated carbocycles. The van der Waals surface area contributed by atoms with Crippen LogP contribution in [0.4, 0.5) is 0 Å². The number of fused-ring (bicyclic) bond motifs is 2. The summed E-state index contributed by atoms with van der Waals surface area (Å²) in [5.41, 5.74) is 2.99. The molecule has 2 aliphatic rings. The summed E-state index contributed by atoms with van der Waals surface area (Å²) in [5, 5.41) is 0. The van der Waals surface area contributed by atoms with Gasteiger partial charge in [-0.2, -0.15) is 0 Å². The van der Waals surface area contributed by atoms with Gasteiger partial charge in [0.2, 0.25) is 0 Å². The van der Waals surface area contributed by atoms with Crippen molar-refractivity contribution < 1.29 is 9.80 Å². The number of hydrogen-bond acceptors (Lipinski definition) is 2. The molecule has 0 aliphatic carbocycles. The zero-order valence-electron chi connectivity index (χ0n) is 13.5. The van der Waals surface area contributed by atoms with Crippen molar-refractivity contribution in [3.05, 3.63) is 53.6 Å². The smallest absolute Gasteiger partial charge is 0.127 e. The van der Waals surface area contributed by atoms with Gasteiger partial charge in [-0.3, -0.25) is 0 Å². The van der Waals surface area contributed by atoms with E-state index in [0.29, 0.717) is 6.04 Å². The van der Waals surface area contributed by atoms with Crippen molar-refractivity contribution in [1.82, 2.24) is 0 Å². The van der Waals surface area contributed by atoms with Gasteiger partial charge in [-0.25, -0.2) is 0 Å². The second-order valence-electron chi connectivity index (χ2n) is 6.80. The molecule has 4 heteroatoms. The molecule has 1 unspecified atom stereocenters. The summed E-state index contributed by atoms with van der Waals surface area (Å²) in [6, 6.07) is 16.2. The Balaban J connectivity index is 1.76. The van der Waals surface area contributed by atoms with Crippen LogP contribution in [0.25, 0.3) is 0 Å². The molecule has 1 saturated heterocycles. The molecule has 2 aromatic rings. The monoisotopic (exact) mass is 344 g/mol. The molecule has 2 heterocycles. The summed E-state index contributed by atoms with van der Waals surface area (Å²) >= 11 is 6.54. The van der Waals surface area contributed by atoms with E-state index < -0.39 is 0 Å². The van der Waals surface area contributed by atoms with Gasteiger partial charge in [0.05, 0.1) is 7.05 Å². The first-order valence-electron chi connectivity index (χ1n) is 8.45. The lowest BCUT2D eigenvalue weighted by atomic mass is 9.96. The molecule has 1 fully saturated rings. The van der Waals surface area contributed by atoms with Crippen LogP contribution in [0.2, 0.25) is 0 Å². The predicted molar refractivity (Wildman–Crippen MR) is 98.0 cm³/mol. The topological polar surface area (TPSA) is 8.88 Å². The molecular formula is C19H24N2S2+2. The van der Waals surface area contributed by atoms with Crippen LogP contribution in [0.5, 0.6) is 0 Å². The van der Waals surface area contributed by atoms with Gasteiger partial charge in [0, 0.05) is 26.7 Å². The summed E-state index contributed by atoms with van der Waals surface area (Å²) in [7, 11) is 2.31. The van der Waals surface area contributed by atoms with E-state index in [2.05, 4.69) is 62.1 Å². The molecule has 120 valence electrons. The maximum Gasteiger partial charge on any atom is 0.127 e. The van der Waals surface area contributed by atoms with Crippen LogP contribution in [0.3, 0.4) is 0 Å². The Kier molecular flexibility index (Phi) is 4.41. The van der Waals surface area contributed by atoms with Gasteiger partial charge in [0.1, 0.15) is 32.2 Å².